The number of allylic oxidation sites excluding steroid dienone is 4. The maximum absolute atomic E-state index is 2.99. The summed E-state index contributed by atoms with van der Waals surface area (Å²) in [7, 11) is 0. The van der Waals surface area contributed by atoms with E-state index in [0.717, 1.165) is 6.42 Å². The van der Waals surface area contributed by atoms with Crippen LogP contribution in [0.25, 0.3) is 0 Å². The zero-order valence-corrected chi connectivity index (χ0v) is 7.23. The van der Waals surface area contributed by atoms with Crippen LogP contribution >= 0.6 is 24.8 Å². The van der Waals surface area contributed by atoms with Crippen LogP contribution in [-0.2, 0) is 18.6 Å². The molecule has 0 N–H and O–H groups in total. The van der Waals surface area contributed by atoms with Gasteiger partial charge in [-0.3, -0.25) is 6.08 Å². The smallest absolute Gasteiger partial charge is 0 e. The van der Waals surface area contributed by atoms with Crippen LogP contribution in [0.2, 0.25) is 0 Å². The zero-order valence-electron chi connectivity index (χ0n) is 4.20. The Labute approximate surface area is 81.5 Å². The molecule has 1 aliphatic carbocycles. The summed E-state index contributed by atoms with van der Waals surface area (Å²) >= 11 is 0. The Bertz CT molecular complexity index is 69.1. The van der Waals surface area contributed by atoms with Crippen molar-refractivity contribution in [3.63, 3.8) is 0 Å². The van der Waals surface area contributed by atoms with E-state index < -0.39 is 0 Å². The Kier molecular flexibility index (Phi) is 39.9. The molecule has 0 bridgehead atoms. The van der Waals surface area contributed by atoms with Crippen molar-refractivity contribution in [2.75, 3.05) is 0 Å². The molecule has 1 rings (SSSR count). The third kappa shape index (κ3) is 12.0. The number of hydrogen-bond donors (Lipinski definition) is 0. The fourth-order valence-electron chi connectivity index (χ4n) is 0.340. The van der Waals surface area contributed by atoms with Crippen LogP contribution < -0.4 is 0 Å². The van der Waals surface area contributed by atoms with E-state index in [1.54, 1.807) is 0 Å². The Morgan fingerprint density at radius 3 is 1.89 bits per heavy atom. The molecule has 0 heterocycles. The second-order valence-electron chi connectivity index (χ2n) is 1.00. The van der Waals surface area contributed by atoms with E-state index in [9.17, 15) is 0 Å². The molecular weight excluding hydrogens is 194 g/mol. The number of rotatable bonds is 0. The van der Waals surface area contributed by atoms with Gasteiger partial charge in [-0.2, -0.15) is 6.08 Å². The van der Waals surface area contributed by atoms with E-state index in [1.807, 2.05) is 12.2 Å². The molecule has 0 atom stereocenters. The minimum Gasteiger partial charge on any atom is -0.273 e. The average Bonchev–Trinajstić information content (AvgIpc) is 1.76. The summed E-state index contributed by atoms with van der Waals surface area (Å²) in [5, 5.41) is 0. The van der Waals surface area contributed by atoms with Crippen molar-refractivity contribution in [3.8, 4) is 0 Å². The Morgan fingerprint density at radius 1 is 1.22 bits per heavy atom. The van der Waals surface area contributed by atoms with Crippen LogP contribution in [0, 0.1) is 6.08 Å². The summed E-state index contributed by atoms with van der Waals surface area (Å²) in [5.74, 6) is 0. The van der Waals surface area contributed by atoms with E-state index in [4.69, 9.17) is 0 Å². The fraction of sp³-hybridized carbons (Fsp3) is 0.333. The van der Waals surface area contributed by atoms with Crippen LogP contribution in [0.3, 0.4) is 0 Å². The van der Waals surface area contributed by atoms with Gasteiger partial charge in [-0.1, -0.05) is 7.43 Å². The molecule has 0 nitrogen and oxygen atoms in total. The number of halogens is 2. The van der Waals surface area contributed by atoms with Gasteiger partial charge in [-0.05, 0) is 0 Å². The van der Waals surface area contributed by atoms with Gasteiger partial charge in [0.2, 0.25) is 0 Å². The molecule has 3 heteroatoms. The van der Waals surface area contributed by atoms with E-state index in [-0.39, 0.29) is 50.8 Å². The standard InChI is InChI=1S/C5H5.CH4.2ClH.V/c1-2-4-5-3-1;;;;/h1-3H,4H2;1H4;2*1H;/q-1;;;;. The summed E-state index contributed by atoms with van der Waals surface area (Å²) in [4.78, 5) is 0. The van der Waals surface area contributed by atoms with Crippen molar-refractivity contribution >= 4 is 24.8 Å². The first kappa shape index (κ1) is 22.6. The van der Waals surface area contributed by atoms with Gasteiger partial charge in [0, 0.05) is 18.6 Å². The van der Waals surface area contributed by atoms with Crippen LogP contribution in [0.1, 0.15) is 13.8 Å². The normalized spacial score (nSPS) is 9.78. The minimum atomic E-state index is 0. The summed E-state index contributed by atoms with van der Waals surface area (Å²) in [5.41, 5.74) is 0. The summed E-state index contributed by atoms with van der Waals surface area (Å²) in [6, 6.07) is 0. The van der Waals surface area contributed by atoms with Crippen molar-refractivity contribution in [1.82, 2.24) is 0 Å². The maximum atomic E-state index is 2.99. The van der Waals surface area contributed by atoms with Gasteiger partial charge in [0.05, 0.1) is 0 Å². The minimum absolute atomic E-state index is 0. The predicted molar refractivity (Wildman–Crippen MR) is 42.8 cm³/mol. The zero-order chi connectivity index (χ0) is 3.54. The predicted octanol–water partition coefficient (Wildman–Crippen LogP) is 2.78. The molecule has 0 aromatic heterocycles. The second kappa shape index (κ2) is 15.9. The van der Waals surface area contributed by atoms with Crippen molar-refractivity contribution in [1.29, 1.82) is 0 Å². The first-order chi connectivity index (χ1) is 2.50. The van der Waals surface area contributed by atoms with Crippen LogP contribution in [0.4, 0.5) is 0 Å². The van der Waals surface area contributed by atoms with Gasteiger partial charge in [0.15, 0.2) is 0 Å². The largest absolute Gasteiger partial charge is 0.273 e. The first-order valence-electron chi connectivity index (χ1n) is 1.72. The third-order valence-electron chi connectivity index (χ3n) is 0.586. The van der Waals surface area contributed by atoms with Crippen molar-refractivity contribution < 1.29 is 18.6 Å². The Hall–Kier alpha value is 0.644. The van der Waals surface area contributed by atoms with E-state index in [1.165, 1.54) is 0 Å². The van der Waals surface area contributed by atoms with Crippen LogP contribution in [-0.4, -0.2) is 0 Å². The van der Waals surface area contributed by atoms with E-state index in [2.05, 4.69) is 12.2 Å². The molecule has 0 unspecified atom stereocenters. The monoisotopic (exact) mass is 204 g/mol. The molecule has 9 heavy (non-hydrogen) atoms. The molecule has 0 aromatic rings. The second-order valence-corrected chi connectivity index (χ2v) is 1.00. The first-order valence-corrected chi connectivity index (χ1v) is 1.72. The average molecular weight is 205 g/mol. The summed E-state index contributed by atoms with van der Waals surface area (Å²) in [6.45, 7) is 0. The van der Waals surface area contributed by atoms with Gasteiger partial charge in [0.1, 0.15) is 0 Å². The number of hydrogen-bond acceptors (Lipinski definition) is 0. The molecule has 0 saturated heterocycles. The van der Waals surface area contributed by atoms with Crippen molar-refractivity contribution in [2.24, 2.45) is 0 Å². The molecule has 55 valence electrons. The SMILES string of the molecule is C.Cl.Cl.[C-]1=CC=CC1.[V]. The van der Waals surface area contributed by atoms with Gasteiger partial charge in [-0.15, -0.1) is 31.2 Å². The molecular formula is C6H11Cl2V-. The molecule has 1 radical (unpaired) electrons. The quantitative estimate of drug-likeness (QED) is 0.533. The maximum Gasteiger partial charge on any atom is 0 e. The molecule has 0 saturated carbocycles. The topological polar surface area (TPSA) is 0 Å². The van der Waals surface area contributed by atoms with Crippen LogP contribution in [0.5, 0.6) is 0 Å². The molecule has 0 amide bonds. The Balaban J connectivity index is -0.0000000312. The van der Waals surface area contributed by atoms with Crippen molar-refractivity contribution in [3.05, 3.63) is 24.3 Å². The molecule has 1 aliphatic rings. The summed E-state index contributed by atoms with van der Waals surface area (Å²) in [6.07, 6.45) is 10.0. The van der Waals surface area contributed by atoms with Crippen LogP contribution in [0.15, 0.2) is 18.2 Å². The van der Waals surface area contributed by atoms with Gasteiger partial charge in [0.25, 0.3) is 0 Å². The molecule has 0 fully saturated rings. The van der Waals surface area contributed by atoms with E-state index >= 15 is 0 Å². The molecule has 0 aromatic carbocycles. The van der Waals surface area contributed by atoms with E-state index in [0.29, 0.717) is 0 Å². The molecule has 0 aliphatic heterocycles. The van der Waals surface area contributed by atoms with Gasteiger partial charge >= 0.3 is 0 Å². The Morgan fingerprint density at radius 2 is 1.78 bits per heavy atom. The fourth-order valence-corrected chi connectivity index (χ4v) is 0.340. The van der Waals surface area contributed by atoms with Crippen molar-refractivity contribution in [2.45, 2.75) is 13.8 Å². The summed E-state index contributed by atoms with van der Waals surface area (Å²) < 4.78 is 0. The molecule has 0 spiro atoms. The third-order valence-corrected chi connectivity index (χ3v) is 0.586. The van der Waals surface area contributed by atoms with Gasteiger partial charge < -0.3 is 0 Å². The van der Waals surface area contributed by atoms with Gasteiger partial charge in [-0.25, -0.2) is 12.2 Å².